The lowest BCUT2D eigenvalue weighted by Gasteiger charge is -2.09. The van der Waals surface area contributed by atoms with E-state index in [9.17, 15) is 0 Å². The van der Waals surface area contributed by atoms with Crippen molar-refractivity contribution >= 4 is 31.0 Å². The summed E-state index contributed by atoms with van der Waals surface area (Å²) in [5.41, 5.74) is 4.59. The summed E-state index contributed by atoms with van der Waals surface area (Å²) in [7, 11) is 1.64. The van der Waals surface area contributed by atoms with E-state index in [0.717, 1.165) is 34.2 Å². The Morgan fingerprint density at radius 1 is 1.15 bits per heavy atom. The van der Waals surface area contributed by atoms with Gasteiger partial charge in [-0.05, 0) is 23.8 Å². The average Bonchev–Trinajstić information content (AvgIpc) is 3.53. The van der Waals surface area contributed by atoms with Crippen molar-refractivity contribution < 1.29 is 9.47 Å². The number of methoxy groups -OCH3 is 1. The van der Waals surface area contributed by atoms with Gasteiger partial charge in [-0.1, -0.05) is 41.9 Å². The molecule has 8 nitrogen and oxygen atoms in total. The molecule has 0 saturated heterocycles. The smallest absolute Gasteiger partial charge is 0.238 e. The van der Waals surface area contributed by atoms with E-state index in [1.54, 1.807) is 13.4 Å². The number of benzene rings is 2. The maximum absolute atomic E-state index is 6.33. The van der Waals surface area contributed by atoms with Gasteiger partial charge in [0.25, 0.3) is 0 Å². The van der Waals surface area contributed by atoms with Crippen LogP contribution >= 0.6 is 25.1 Å². The Morgan fingerprint density at radius 3 is 2.82 bits per heavy atom. The highest BCUT2D eigenvalue weighted by atomic mass is 35.5. The maximum atomic E-state index is 6.33. The summed E-state index contributed by atoms with van der Waals surface area (Å²) >= 11 is 6.33. The van der Waals surface area contributed by atoms with Gasteiger partial charge in [0, 0.05) is 17.7 Å². The Balaban J connectivity index is 0.00000228. The lowest BCUT2D eigenvalue weighted by Crippen LogP contribution is -2.13. The third-order valence-corrected chi connectivity index (χ3v) is 6.01. The van der Waals surface area contributed by atoms with Crippen LogP contribution in [0.5, 0.6) is 0 Å². The standard InChI is InChI=1S/C23H19ClN6O2.H2S/c1-31-12-20-27-28-22-16-9-15(24)7-8-18(16)30-13-25-21(19(30)10-29(20)22)23-26-17(11-32-23)14-5-3-2-4-6-14;/h2-9,13,17H,10-12H2,1H3;1H2/t17-;/m1./s1. The van der Waals surface area contributed by atoms with Crippen LogP contribution in [0.25, 0.3) is 17.1 Å². The van der Waals surface area contributed by atoms with Gasteiger partial charge in [0.05, 0.1) is 17.9 Å². The van der Waals surface area contributed by atoms with Crippen molar-refractivity contribution in [2.24, 2.45) is 4.99 Å². The molecule has 0 amide bonds. The minimum atomic E-state index is -0.0463. The van der Waals surface area contributed by atoms with Gasteiger partial charge in [0.2, 0.25) is 5.90 Å². The first-order valence-corrected chi connectivity index (χ1v) is 10.6. The Kier molecular flexibility index (Phi) is 5.69. The molecular formula is C23H21ClN6O2S. The van der Waals surface area contributed by atoms with Crippen molar-refractivity contribution in [3.05, 3.63) is 82.7 Å². The third kappa shape index (κ3) is 3.62. The summed E-state index contributed by atoms with van der Waals surface area (Å²) in [6.07, 6.45) is 1.80. The molecule has 2 aliphatic heterocycles. The number of fused-ring (bicyclic) bond motifs is 5. The molecule has 33 heavy (non-hydrogen) atoms. The number of nitrogens with zero attached hydrogens (tertiary/aromatic N) is 6. The Bertz CT molecular complexity index is 1350. The van der Waals surface area contributed by atoms with E-state index in [2.05, 4.69) is 22.3 Å². The average molecular weight is 481 g/mol. The van der Waals surface area contributed by atoms with E-state index in [0.29, 0.717) is 36.4 Å². The molecule has 6 rings (SSSR count). The summed E-state index contributed by atoms with van der Waals surface area (Å²) in [6, 6.07) is 15.8. The molecule has 1 atom stereocenters. The number of aliphatic imine (C=N–C) groups is 1. The number of imidazole rings is 1. The molecular weight excluding hydrogens is 460 g/mol. The van der Waals surface area contributed by atoms with Gasteiger partial charge in [-0.2, -0.15) is 13.5 Å². The fourth-order valence-corrected chi connectivity index (χ4v) is 4.42. The van der Waals surface area contributed by atoms with Crippen molar-refractivity contribution in [1.82, 2.24) is 24.3 Å². The predicted molar refractivity (Wildman–Crippen MR) is 129 cm³/mol. The molecule has 4 aromatic rings. The summed E-state index contributed by atoms with van der Waals surface area (Å²) in [4.78, 5) is 9.54. The number of halogens is 1. The predicted octanol–water partition coefficient (Wildman–Crippen LogP) is 3.92. The van der Waals surface area contributed by atoms with Crippen LogP contribution in [0.3, 0.4) is 0 Å². The molecule has 4 heterocycles. The van der Waals surface area contributed by atoms with Crippen LogP contribution < -0.4 is 0 Å². The van der Waals surface area contributed by atoms with Crippen molar-refractivity contribution in [1.29, 1.82) is 0 Å². The third-order valence-electron chi connectivity index (χ3n) is 5.77. The van der Waals surface area contributed by atoms with E-state index >= 15 is 0 Å². The molecule has 0 spiro atoms. The van der Waals surface area contributed by atoms with Crippen molar-refractivity contribution in [2.75, 3.05) is 13.7 Å². The molecule has 0 bridgehead atoms. The first kappa shape index (κ1) is 21.7. The van der Waals surface area contributed by atoms with Crippen LogP contribution in [-0.2, 0) is 22.6 Å². The monoisotopic (exact) mass is 480 g/mol. The van der Waals surface area contributed by atoms with Gasteiger partial charge < -0.3 is 14.0 Å². The summed E-state index contributed by atoms with van der Waals surface area (Å²) in [5, 5.41) is 9.42. The van der Waals surface area contributed by atoms with E-state index in [1.807, 2.05) is 45.5 Å². The number of ether oxygens (including phenoxy) is 2. The van der Waals surface area contributed by atoms with Crippen LogP contribution in [0.15, 0.2) is 59.9 Å². The molecule has 2 aliphatic rings. The molecule has 2 aromatic heterocycles. The van der Waals surface area contributed by atoms with Crippen LogP contribution in [-0.4, -0.2) is 43.9 Å². The van der Waals surface area contributed by atoms with Crippen molar-refractivity contribution in [3.63, 3.8) is 0 Å². The van der Waals surface area contributed by atoms with E-state index < -0.39 is 0 Å². The molecule has 0 unspecified atom stereocenters. The zero-order chi connectivity index (χ0) is 21.7. The van der Waals surface area contributed by atoms with Crippen molar-refractivity contribution in [3.8, 4) is 17.1 Å². The summed E-state index contributed by atoms with van der Waals surface area (Å²) in [6.45, 7) is 1.34. The fraction of sp³-hybridized carbons (Fsp3) is 0.217. The second-order valence-electron chi connectivity index (χ2n) is 7.70. The molecule has 0 N–H and O–H groups in total. The minimum absolute atomic E-state index is 0. The van der Waals surface area contributed by atoms with Gasteiger partial charge in [0.15, 0.2) is 11.6 Å². The summed E-state index contributed by atoms with van der Waals surface area (Å²) in [5.74, 6) is 2.01. The quantitative estimate of drug-likeness (QED) is 0.389. The van der Waals surface area contributed by atoms with Crippen LogP contribution in [0.1, 0.15) is 28.8 Å². The van der Waals surface area contributed by atoms with Gasteiger partial charge in [-0.25, -0.2) is 9.98 Å². The number of rotatable bonds is 4. The Morgan fingerprint density at radius 2 is 2.00 bits per heavy atom. The van der Waals surface area contributed by atoms with Gasteiger partial charge >= 0.3 is 0 Å². The highest BCUT2D eigenvalue weighted by Crippen LogP contribution is 2.35. The fourth-order valence-electron chi connectivity index (χ4n) is 4.24. The first-order chi connectivity index (χ1) is 15.7. The van der Waals surface area contributed by atoms with Crippen LogP contribution in [0, 0.1) is 0 Å². The highest BCUT2D eigenvalue weighted by Gasteiger charge is 2.30. The normalized spacial score (nSPS) is 16.1. The lowest BCUT2D eigenvalue weighted by molar-refractivity contribution is 0.174. The summed E-state index contributed by atoms with van der Waals surface area (Å²) < 4.78 is 15.4. The topological polar surface area (TPSA) is 79.3 Å². The molecule has 0 fully saturated rings. The first-order valence-electron chi connectivity index (χ1n) is 10.3. The SMILES string of the molecule is COCc1nnc2n1Cc1c(C3=N[C@@H](c4ccccc4)CO3)ncn1-c1ccc(Cl)cc1-2.S. The zero-order valence-corrected chi connectivity index (χ0v) is 19.5. The maximum Gasteiger partial charge on any atom is 0.238 e. The Hall–Kier alpha value is -3.14. The van der Waals surface area contributed by atoms with Crippen LogP contribution in [0.4, 0.5) is 0 Å². The zero-order valence-electron chi connectivity index (χ0n) is 17.8. The van der Waals surface area contributed by atoms with Gasteiger partial charge in [-0.3, -0.25) is 4.57 Å². The molecule has 0 aliphatic carbocycles. The molecule has 168 valence electrons. The largest absolute Gasteiger partial charge is 0.474 e. The molecule has 0 saturated carbocycles. The number of aromatic nitrogens is 5. The molecule has 2 aromatic carbocycles. The van der Waals surface area contributed by atoms with Crippen molar-refractivity contribution in [2.45, 2.75) is 19.2 Å². The second kappa shape index (κ2) is 8.66. The van der Waals surface area contributed by atoms with E-state index in [4.69, 9.17) is 31.1 Å². The van der Waals surface area contributed by atoms with E-state index in [-0.39, 0.29) is 19.5 Å². The molecule has 0 radical (unpaired) electrons. The second-order valence-corrected chi connectivity index (χ2v) is 8.14. The van der Waals surface area contributed by atoms with E-state index in [1.165, 1.54) is 0 Å². The van der Waals surface area contributed by atoms with Gasteiger partial charge in [0.1, 0.15) is 31.3 Å². The lowest BCUT2D eigenvalue weighted by atomic mass is 10.1. The van der Waals surface area contributed by atoms with Gasteiger partial charge in [-0.15, -0.1) is 10.2 Å². The Labute approximate surface area is 202 Å². The van der Waals surface area contributed by atoms with Crippen LogP contribution in [0.2, 0.25) is 5.02 Å². The number of hydrogen-bond donors (Lipinski definition) is 0. The molecule has 10 heteroatoms. The minimum Gasteiger partial charge on any atom is -0.474 e. The highest BCUT2D eigenvalue weighted by molar-refractivity contribution is 7.59. The number of hydrogen-bond acceptors (Lipinski definition) is 6.